The number of primary amides is 1. The van der Waals surface area contributed by atoms with Gasteiger partial charge in [0, 0.05) is 18.2 Å². The summed E-state index contributed by atoms with van der Waals surface area (Å²) in [5.74, 6) is 1.38. The van der Waals surface area contributed by atoms with Crippen LogP contribution in [0.2, 0.25) is 0 Å². The third-order valence-electron chi connectivity index (χ3n) is 3.23. The maximum absolute atomic E-state index is 11.9. The maximum atomic E-state index is 11.9. The molecular weight excluding hydrogens is 376 g/mol. The van der Waals surface area contributed by atoms with Gasteiger partial charge in [0.05, 0.1) is 4.88 Å². The smallest absolute Gasteiger partial charge is 0.237 e. The van der Waals surface area contributed by atoms with Gasteiger partial charge in [0.2, 0.25) is 11.8 Å². The highest BCUT2D eigenvalue weighted by molar-refractivity contribution is 7.99. The molecule has 0 saturated carbocycles. The Bertz CT molecular complexity index is 903. The number of carbonyl (C=O) groups excluding carboxylic acids is 2. The molecular formula is C15H16N6O3S2. The van der Waals surface area contributed by atoms with Crippen molar-refractivity contribution in [2.45, 2.75) is 25.0 Å². The predicted octanol–water partition coefficient (Wildman–Crippen LogP) is 1.91. The van der Waals surface area contributed by atoms with Crippen LogP contribution in [0, 0.1) is 6.92 Å². The zero-order valence-electron chi connectivity index (χ0n) is 13.8. The lowest BCUT2D eigenvalue weighted by Crippen LogP contribution is -2.20. The first-order valence-electron chi connectivity index (χ1n) is 7.64. The quantitative estimate of drug-likeness (QED) is 0.560. The molecule has 3 N–H and O–H groups in total. The molecule has 0 aromatic carbocycles. The van der Waals surface area contributed by atoms with Crippen molar-refractivity contribution < 1.29 is 14.1 Å². The van der Waals surface area contributed by atoms with Crippen LogP contribution in [0.1, 0.15) is 12.2 Å². The highest BCUT2D eigenvalue weighted by Gasteiger charge is 2.17. The molecule has 26 heavy (non-hydrogen) atoms. The van der Waals surface area contributed by atoms with Gasteiger partial charge in [0.1, 0.15) is 12.3 Å². The van der Waals surface area contributed by atoms with Gasteiger partial charge in [-0.1, -0.05) is 23.0 Å². The van der Waals surface area contributed by atoms with E-state index in [0.29, 0.717) is 28.3 Å². The van der Waals surface area contributed by atoms with E-state index in [0.717, 1.165) is 4.88 Å². The number of thiophene rings is 1. The molecule has 11 heteroatoms. The molecule has 0 aliphatic heterocycles. The number of nitrogens with two attached hydrogens (primary N) is 1. The number of hydrogen-bond acceptors (Lipinski definition) is 8. The number of anilines is 1. The Morgan fingerprint density at radius 3 is 2.92 bits per heavy atom. The summed E-state index contributed by atoms with van der Waals surface area (Å²) in [6.45, 7) is 1.72. The van der Waals surface area contributed by atoms with Crippen LogP contribution >= 0.6 is 23.1 Å². The molecule has 3 aromatic rings. The van der Waals surface area contributed by atoms with Gasteiger partial charge in [0.25, 0.3) is 0 Å². The van der Waals surface area contributed by atoms with E-state index in [1.54, 1.807) is 17.6 Å². The minimum Gasteiger partial charge on any atom is -0.368 e. The normalized spacial score (nSPS) is 10.8. The Morgan fingerprint density at radius 2 is 2.27 bits per heavy atom. The third kappa shape index (κ3) is 4.49. The minimum absolute atomic E-state index is 0.0209. The first-order chi connectivity index (χ1) is 12.5. The monoisotopic (exact) mass is 392 g/mol. The van der Waals surface area contributed by atoms with Crippen LogP contribution < -0.4 is 11.1 Å². The van der Waals surface area contributed by atoms with E-state index in [1.807, 2.05) is 17.5 Å². The van der Waals surface area contributed by atoms with E-state index in [1.165, 1.54) is 23.1 Å². The van der Waals surface area contributed by atoms with Crippen molar-refractivity contribution in [2.75, 3.05) is 11.1 Å². The zero-order chi connectivity index (χ0) is 18.5. The predicted molar refractivity (Wildman–Crippen MR) is 97.7 cm³/mol. The Morgan fingerprint density at radius 1 is 1.42 bits per heavy atom. The second-order valence-electron chi connectivity index (χ2n) is 5.31. The molecule has 0 unspecified atom stereocenters. The van der Waals surface area contributed by atoms with Gasteiger partial charge >= 0.3 is 0 Å². The van der Waals surface area contributed by atoms with Crippen molar-refractivity contribution in [2.24, 2.45) is 5.73 Å². The summed E-state index contributed by atoms with van der Waals surface area (Å²) in [5, 5.41) is 17.1. The standard InChI is InChI=1S/C15H16N6O3S2/c1-9-7-12(20-24-9)17-13(23)4-6-26-15-19-18-14(10-3-2-5-25-10)21(15)8-11(16)22/h2-3,5,7H,4,6,8H2,1H3,(H2,16,22)(H,17,20,23). The second kappa shape index (κ2) is 8.15. The van der Waals surface area contributed by atoms with Crippen LogP contribution in [0.15, 0.2) is 33.3 Å². The number of aryl methyl sites for hydroxylation is 1. The number of nitrogens with one attached hydrogen (secondary N) is 1. The Labute approximate surface area is 157 Å². The van der Waals surface area contributed by atoms with Gasteiger partial charge in [0.15, 0.2) is 16.8 Å². The van der Waals surface area contributed by atoms with Crippen LogP contribution in [0.25, 0.3) is 10.7 Å². The molecule has 2 amide bonds. The van der Waals surface area contributed by atoms with Gasteiger partial charge in [-0.05, 0) is 18.4 Å². The number of carbonyl (C=O) groups is 2. The molecule has 0 spiro atoms. The number of amides is 2. The summed E-state index contributed by atoms with van der Waals surface area (Å²) in [6.07, 6.45) is 0.244. The minimum atomic E-state index is -0.483. The summed E-state index contributed by atoms with van der Waals surface area (Å²) in [7, 11) is 0. The fourth-order valence-electron chi connectivity index (χ4n) is 2.15. The average Bonchev–Trinajstić information content (AvgIpc) is 3.30. The molecule has 136 valence electrons. The SMILES string of the molecule is Cc1cc(NC(=O)CCSc2nnc(-c3cccs3)n2CC(N)=O)no1. The van der Waals surface area contributed by atoms with Crippen molar-refractivity contribution in [3.63, 3.8) is 0 Å². The van der Waals surface area contributed by atoms with Crippen LogP contribution in [0.3, 0.4) is 0 Å². The van der Waals surface area contributed by atoms with Crippen LogP contribution in [0.4, 0.5) is 5.82 Å². The lowest BCUT2D eigenvalue weighted by Gasteiger charge is -2.07. The molecule has 9 nitrogen and oxygen atoms in total. The van der Waals surface area contributed by atoms with Crippen LogP contribution in [-0.4, -0.2) is 37.5 Å². The molecule has 3 aromatic heterocycles. The Hall–Kier alpha value is -2.66. The highest BCUT2D eigenvalue weighted by Crippen LogP contribution is 2.27. The largest absolute Gasteiger partial charge is 0.368 e. The zero-order valence-corrected chi connectivity index (χ0v) is 15.5. The molecule has 0 aliphatic carbocycles. The van der Waals surface area contributed by atoms with Crippen molar-refractivity contribution in [3.05, 3.63) is 29.3 Å². The van der Waals surface area contributed by atoms with Crippen LogP contribution in [-0.2, 0) is 16.1 Å². The lowest BCUT2D eigenvalue weighted by molar-refractivity contribution is -0.118. The number of thioether (sulfide) groups is 1. The number of rotatable bonds is 8. The molecule has 0 radical (unpaired) electrons. The summed E-state index contributed by atoms with van der Waals surface area (Å²) in [5.41, 5.74) is 5.34. The van der Waals surface area contributed by atoms with E-state index in [-0.39, 0.29) is 18.9 Å². The molecule has 0 aliphatic rings. The highest BCUT2D eigenvalue weighted by atomic mass is 32.2. The number of hydrogen-bond donors (Lipinski definition) is 2. The summed E-state index contributed by atoms with van der Waals surface area (Å²) < 4.78 is 6.56. The van der Waals surface area contributed by atoms with Crippen molar-refractivity contribution in [1.29, 1.82) is 0 Å². The van der Waals surface area contributed by atoms with Gasteiger partial charge in [-0.25, -0.2) is 0 Å². The van der Waals surface area contributed by atoms with E-state index >= 15 is 0 Å². The average molecular weight is 392 g/mol. The number of aromatic nitrogens is 4. The van der Waals surface area contributed by atoms with Gasteiger partial charge in [-0.3, -0.25) is 14.2 Å². The van der Waals surface area contributed by atoms with E-state index in [4.69, 9.17) is 10.3 Å². The summed E-state index contributed by atoms with van der Waals surface area (Å²) in [6, 6.07) is 5.43. The van der Waals surface area contributed by atoms with Gasteiger partial charge in [-0.15, -0.1) is 21.5 Å². The Balaban J connectivity index is 1.62. The fourth-order valence-corrected chi connectivity index (χ4v) is 3.74. The first kappa shape index (κ1) is 18.1. The number of nitrogens with zero attached hydrogens (tertiary/aromatic N) is 4. The summed E-state index contributed by atoms with van der Waals surface area (Å²) >= 11 is 2.83. The molecule has 0 bridgehead atoms. The van der Waals surface area contributed by atoms with Crippen molar-refractivity contribution in [3.8, 4) is 10.7 Å². The van der Waals surface area contributed by atoms with Gasteiger partial charge in [-0.2, -0.15) is 0 Å². The molecule has 0 fully saturated rings. The first-order valence-corrected chi connectivity index (χ1v) is 9.51. The topological polar surface area (TPSA) is 129 Å². The summed E-state index contributed by atoms with van der Waals surface area (Å²) in [4.78, 5) is 24.2. The third-order valence-corrected chi connectivity index (χ3v) is 5.06. The molecule has 3 heterocycles. The molecule has 0 atom stereocenters. The maximum Gasteiger partial charge on any atom is 0.237 e. The van der Waals surface area contributed by atoms with Crippen LogP contribution in [0.5, 0.6) is 0 Å². The van der Waals surface area contributed by atoms with E-state index in [9.17, 15) is 9.59 Å². The Kier molecular flexibility index (Phi) is 5.68. The van der Waals surface area contributed by atoms with E-state index < -0.39 is 5.91 Å². The second-order valence-corrected chi connectivity index (χ2v) is 7.32. The lowest BCUT2D eigenvalue weighted by atomic mass is 10.4. The fraction of sp³-hybridized carbons (Fsp3) is 0.267. The van der Waals surface area contributed by atoms with E-state index in [2.05, 4.69) is 20.7 Å². The van der Waals surface area contributed by atoms with Gasteiger partial charge < -0.3 is 15.6 Å². The van der Waals surface area contributed by atoms with Crippen molar-refractivity contribution in [1.82, 2.24) is 19.9 Å². The molecule has 0 saturated heterocycles. The van der Waals surface area contributed by atoms with Crippen molar-refractivity contribution >= 4 is 40.7 Å². The molecule has 3 rings (SSSR count).